The zero-order valence-electron chi connectivity index (χ0n) is 11.5. The number of hydrogen-bond donors (Lipinski definition) is 0. The quantitative estimate of drug-likeness (QED) is 0.510. The fraction of sp³-hybridized carbons (Fsp3) is 0.923. The van der Waals surface area contributed by atoms with Crippen LogP contribution in [0.3, 0.4) is 0 Å². The number of rotatable bonds is 6. The molecule has 16 heavy (non-hydrogen) atoms. The van der Waals surface area contributed by atoms with Crippen LogP contribution in [0.4, 0.5) is 0 Å². The van der Waals surface area contributed by atoms with E-state index < -0.39 is 5.31 Å². The minimum absolute atomic E-state index is 0.00433. The van der Waals surface area contributed by atoms with E-state index in [0.717, 1.165) is 12.8 Å². The van der Waals surface area contributed by atoms with Crippen LogP contribution >= 0.6 is 0 Å². The van der Waals surface area contributed by atoms with E-state index in [4.69, 9.17) is 12.6 Å². The minimum Gasteiger partial charge on any atom is -0.463 e. The first-order valence-electron chi connectivity index (χ1n) is 6.13. The van der Waals surface area contributed by atoms with Crippen LogP contribution in [-0.4, -0.2) is 19.9 Å². The fourth-order valence-electron chi connectivity index (χ4n) is 1.55. The summed E-state index contributed by atoms with van der Waals surface area (Å²) in [6.45, 7) is 11.9. The molecular weight excluding hydrogens is 199 g/mol. The number of esters is 1. The molecule has 0 rings (SSSR count). The molecule has 0 heterocycles. The van der Waals surface area contributed by atoms with Gasteiger partial charge in [-0.2, -0.15) is 0 Å². The third-order valence-corrected chi connectivity index (χ3v) is 2.27. The molecule has 92 valence electrons. The molecule has 0 saturated carbocycles. The first kappa shape index (κ1) is 15.5. The Morgan fingerprint density at radius 3 is 1.75 bits per heavy atom. The van der Waals surface area contributed by atoms with E-state index in [0.29, 0.717) is 11.8 Å². The summed E-state index contributed by atoms with van der Waals surface area (Å²) < 4.78 is 5.47. The summed E-state index contributed by atoms with van der Waals surface area (Å²) in [7, 11) is 5.71. The lowest BCUT2D eigenvalue weighted by Crippen LogP contribution is -2.28. The normalized spacial score (nSPS) is 12.6. The first-order chi connectivity index (χ1) is 7.12. The van der Waals surface area contributed by atoms with E-state index in [-0.39, 0.29) is 12.1 Å². The van der Waals surface area contributed by atoms with Crippen LogP contribution < -0.4 is 0 Å². The number of carbonyl (C=O) groups is 1. The molecule has 0 fully saturated rings. The summed E-state index contributed by atoms with van der Waals surface area (Å²) in [5, 5.41) is -0.897. The van der Waals surface area contributed by atoms with Crippen LogP contribution in [0.2, 0.25) is 5.31 Å². The van der Waals surface area contributed by atoms with Gasteiger partial charge in [0.05, 0.1) is 7.85 Å². The Bertz CT molecular complexity index is 206. The zero-order valence-corrected chi connectivity index (χ0v) is 11.5. The molecule has 0 aromatic carbocycles. The lowest BCUT2D eigenvalue weighted by atomic mass is 9.72. The van der Waals surface area contributed by atoms with Crippen molar-refractivity contribution >= 4 is 13.8 Å². The van der Waals surface area contributed by atoms with Crippen molar-refractivity contribution in [1.82, 2.24) is 0 Å². The second-order valence-electron chi connectivity index (χ2n) is 6.01. The third kappa shape index (κ3) is 6.92. The van der Waals surface area contributed by atoms with Crippen molar-refractivity contribution in [3.05, 3.63) is 0 Å². The molecule has 0 aromatic rings. The Balaban J connectivity index is 4.36. The molecular formula is C13H25BO2. The van der Waals surface area contributed by atoms with Gasteiger partial charge >= 0.3 is 5.97 Å². The van der Waals surface area contributed by atoms with Crippen molar-refractivity contribution in [1.29, 1.82) is 0 Å². The highest BCUT2D eigenvalue weighted by molar-refractivity contribution is 6.26. The Morgan fingerprint density at radius 1 is 1.12 bits per heavy atom. The highest BCUT2D eigenvalue weighted by atomic mass is 16.5. The summed E-state index contributed by atoms with van der Waals surface area (Å²) >= 11 is 0. The van der Waals surface area contributed by atoms with Crippen molar-refractivity contribution in [2.45, 2.75) is 65.8 Å². The molecule has 0 spiro atoms. The second-order valence-corrected chi connectivity index (χ2v) is 6.01. The highest BCUT2D eigenvalue weighted by Gasteiger charge is 2.26. The second kappa shape index (κ2) is 6.31. The minimum atomic E-state index is -0.897. The Morgan fingerprint density at radius 2 is 1.50 bits per heavy atom. The van der Waals surface area contributed by atoms with E-state index in [9.17, 15) is 4.79 Å². The van der Waals surface area contributed by atoms with Gasteiger partial charge in [0.15, 0.2) is 0 Å². The van der Waals surface area contributed by atoms with E-state index in [1.807, 2.05) is 0 Å². The lowest BCUT2D eigenvalue weighted by Gasteiger charge is -2.26. The molecule has 0 N–H and O–H groups in total. The average Bonchev–Trinajstić information content (AvgIpc) is 1.98. The van der Waals surface area contributed by atoms with Gasteiger partial charge in [-0.05, 0) is 24.7 Å². The molecule has 0 amide bonds. The molecule has 0 aliphatic rings. The van der Waals surface area contributed by atoms with Crippen LogP contribution in [0.25, 0.3) is 0 Å². The van der Waals surface area contributed by atoms with Gasteiger partial charge in [-0.3, -0.25) is 4.79 Å². The molecule has 0 aliphatic carbocycles. The predicted molar refractivity (Wildman–Crippen MR) is 68.6 cm³/mol. The monoisotopic (exact) mass is 224 g/mol. The van der Waals surface area contributed by atoms with Gasteiger partial charge in [0.25, 0.3) is 0 Å². The molecule has 2 radical (unpaired) electrons. The maximum atomic E-state index is 11.7. The Hall–Kier alpha value is -0.465. The average molecular weight is 224 g/mol. The van der Waals surface area contributed by atoms with Crippen LogP contribution in [0.5, 0.6) is 0 Å². The SMILES string of the molecule is [B]C(C)(C)C(=O)OC(CC(C)C)CC(C)C. The summed E-state index contributed by atoms with van der Waals surface area (Å²) in [5.41, 5.74) is 0. The van der Waals surface area contributed by atoms with Crippen LogP contribution in [-0.2, 0) is 9.53 Å². The van der Waals surface area contributed by atoms with Gasteiger partial charge in [-0.25, -0.2) is 0 Å². The maximum Gasteiger partial charge on any atom is 0.302 e. The van der Waals surface area contributed by atoms with E-state index in [2.05, 4.69) is 27.7 Å². The summed E-state index contributed by atoms with van der Waals surface area (Å²) in [4.78, 5) is 11.7. The van der Waals surface area contributed by atoms with Gasteiger partial charge in [0.2, 0.25) is 0 Å². The Kier molecular flexibility index (Phi) is 6.13. The molecule has 0 aromatic heterocycles. The number of ether oxygens (including phenoxy) is 1. The van der Waals surface area contributed by atoms with E-state index in [1.165, 1.54) is 0 Å². The summed E-state index contributed by atoms with van der Waals surface area (Å²) in [6, 6.07) is 0. The lowest BCUT2D eigenvalue weighted by molar-refractivity contribution is -0.153. The molecule has 3 heteroatoms. The van der Waals surface area contributed by atoms with Crippen molar-refractivity contribution in [2.24, 2.45) is 11.8 Å². The molecule has 0 saturated heterocycles. The highest BCUT2D eigenvalue weighted by Crippen LogP contribution is 2.24. The third-order valence-electron chi connectivity index (χ3n) is 2.27. The van der Waals surface area contributed by atoms with E-state index >= 15 is 0 Å². The maximum absolute atomic E-state index is 11.7. The van der Waals surface area contributed by atoms with Gasteiger partial charge in [-0.1, -0.05) is 41.5 Å². The summed E-state index contributed by atoms with van der Waals surface area (Å²) in [6.07, 6.45) is 1.80. The molecule has 0 atom stereocenters. The van der Waals surface area contributed by atoms with Gasteiger partial charge in [0.1, 0.15) is 6.10 Å². The van der Waals surface area contributed by atoms with Crippen molar-refractivity contribution < 1.29 is 9.53 Å². The van der Waals surface area contributed by atoms with Crippen molar-refractivity contribution in [2.75, 3.05) is 0 Å². The van der Waals surface area contributed by atoms with Gasteiger partial charge < -0.3 is 4.74 Å². The standard InChI is InChI=1S/C13H25BO2/c1-9(2)7-11(8-10(3)4)16-12(15)13(5,6)14/h9-11H,7-8H2,1-6H3. The molecule has 0 bridgehead atoms. The molecule has 2 nitrogen and oxygen atoms in total. The largest absolute Gasteiger partial charge is 0.463 e. The van der Waals surface area contributed by atoms with Gasteiger partial charge in [-0.15, -0.1) is 0 Å². The van der Waals surface area contributed by atoms with Crippen LogP contribution in [0.15, 0.2) is 0 Å². The molecule has 0 aliphatic heterocycles. The van der Waals surface area contributed by atoms with E-state index in [1.54, 1.807) is 13.8 Å². The van der Waals surface area contributed by atoms with Crippen molar-refractivity contribution in [3.63, 3.8) is 0 Å². The first-order valence-corrected chi connectivity index (χ1v) is 6.13. The number of carbonyl (C=O) groups excluding carboxylic acids is 1. The van der Waals surface area contributed by atoms with Gasteiger partial charge in [0, 0.05) is 5.31 Å². The van der Waals surface area contributed by atoms with Crippen LogP contribution in [0.1, 0.15) is 54.4 Å². The Labute approximate surface area is 102 Å². The zero-order chi connectivity index (χ0) is 12.9. The number of hydrogen-bond acceptors (Lipinski definition) is 2. The van der Waals surface area contributed by atoms with Crippen LogP contribution in [0, 0.1) is 11.8 Å². The smallest absolute Gasteiger partial charge is 0.302 e. The predicted octanol–water partition coefficient (Wildman–Crippen LogP) is 3.36. The van der Waals surface area contributed by atoms with Crippen molar-refractivity contribution in [3.8, 4) is 0 Å². The molecule has 0 unspecified atom stereocenters. The summed E-state index contributed by atoms with van der Waals surface area (Å²) in [5.74, 6) is 0.744. The topological polar surface area (TPSA) is 26.3 Å². The fourth-order valence-corrected chi connectivity index (χ4v) is 1.55.